The van der Waals surface area contributed by atoms with Gasteiger partial charge in [0.2, 0.25) is 5.91 Å². The lowest BCUT2D eigenvalue weighted by Gasteiger charge is -2.36. The number of ether oxygens (including phenoxy) is 1. The first kappa shape index (κ1) is 17.3. The molecule has 6 nitrogen and oxygen atoms in total. The number of carbonyl (C=O) groups excluding carboxylic acids is 2. The van der Waals surface area contributed by atoms with Gasteiger partial charge in [0, 0.05) is 31.7 Å². The number of nitrogens with two attached hydrogens (primary N) is 1. The van der Waals surface area contributed by atoms with Gasteiger partial charge < -0.3 is 20.3 Å². The minimum atomic E-state index is -0.430. The Balaban J connectivity index is 1.93. The van der Waals surface area contributed by atoms with Gasteiger partial charge in [0.25, 0.3) is 5.91 Å². The summed E-state index contributed by atoms with van der Waals surface area (Å²) in [5, 5.41) is 0. The summed E-state index contributed by atoms with van der Waals surface area (Å²) < 4.78 is 5.15. The molecule has 2 amide bonds. The zero-order chi connectivity index (χ0) is 16.8. The van der Waals surface area contributed by atoms with E-state index in [1.807, 2.05) is 13.0 Å². The Bertz CT molecular complexity index is 554. The molecule has 0 bridgehead atoms. The molecule has 0 radical (unpaired) electrons. The van der Waals surface area contributed by atoms with Crippen LogP contribution < -0.4 is 10.5 Å². The van der Waals surface area contributed by atoms with Crippen molar-refractivity contribution in [1.82, 2.24) is 9.80 Å². The Labute approximate surface area is 137 Å². The predicted molar refractivity (Wildman–Crippen MR) is 88.4 cm³/mol. The Hall–Kier alpha value is -2.08. The van der Waals surface area contributed by atoms with Crippen molar-refractivity contribution in [3.63, 3.8) is 0 Å². The van der Waals surface area contributed by atoms with Crippen LogP contribution in [-0.2, 0) is 4.79 Å². The van der Waals surface area contributed by atoms with E-state index >= 15 is 0 Å². The molecule has 1 saturated heterocycles. The zero-order valence-electron chi connectivity index (χ0n) is 13.8. The number of nitrogens with zero attached hydrogens (tertiary/aromatic N) is 2. The van der Waals surface area contributed by atoms with Crippen molar-refractivity contribution in [2.45, 2.75) is 25.8 Å². The summed E-state index contributed by atoms with van der Waals surface area (Å²) in [4.78, 5) is 28.2. The van der Waals surface area contributed by atoms with Gasteiger partial charge in [-0.15, -0.1) is 0 Å². The van der Waals surface area contributed by atoms with Crippen LogP contribution in [0, 0.1) is 0 Å². The maximum atomic E-state index is 12.5. The van der Waals surface area contributed by atoms with E-state index in [1.165, 1.54) is 0 Å². The number of carbonyl (C=O) groups is 2. The molecule has 0 saturated carbocycles. The molecule has 1 heterocycles. The van der Waals surface area contributed by atoms with Gasteiger partial charge in [0.15, 0.2) is 0 Å². The van der Waals surface area contributed by atoms with Gasteiger partial charge in [0.1, 0.15) is 5.75 Å². The van der Waals surface area contributed by atoms with Crippen molar-refractivity contribution < 1.29 is 14.3 Å². The number of benzene rings is 1. The van der Waals surface area contributed by atoms with E-state index in [0.29, 0.717) is 43.9 Å². The van der Waals surface area contributed by atoms with Gasteiger partial charge in [0.05, 0.1) is 13.2 Å². The number of piperazine rings is 1. The second kappa shape index (κ2) is 7.97. The summed E-state index contributed by atoms with van der Waals surface area (Å²) in [7, 11) is 1.58. The van der Waals surface area contributed by atoms with Crippen molar-refractivity contribution in [1.29, 1.82) is 0 Å². The third-order valence-corrected chi connectivity index (χ3v) is 4.11. The minimum absolute atomic E-state index is 0.0136. The highest BCUT2D eigenvalue weighted by molar-refractivity contribution is 5.94. The summed E-state index contributed by atoms with van der Waals surface area (Å²) in [5.74, 6) is 0.615. The van der Waals surface area contributed by atoms with E-state index in [-0.39, 0.29) is 11.8 Å². The molecule has 0 aliphatic carbocycles. The lowest BCUT2D eigenvalue weighted by atomic mass is 10.1. The maximum absolute atomic E-state index is 12.5. The highest BCUT2D eigenvalue weighted by atomic mass is 16.5. The molecule has 1 aromatic carbocycles. The second-order valence-electron chi connectivity index (χ2n) is 5.74. The fraction of sp³-hybridized carbons (Fsp3) is 0.529. The monoisotopic (exact) mass is 319 g/mol. The lowest BCUT2D eigenvalue weighted by Crippen LogP contribution is -2.54. The minimum Gasteiger partial charge on any atom is -0.497 e. The third kappa shape index (κ3) is 4.22. The van der Waals surface area contributed by atoms with Crippen LogP contribution in [0.2, 0.25) is 0 Å². The number of hydrogen-bond acceptors (Lipinski definition) is 4. The SMILES string of the molecule is CCCC(N)C(=O)N1CCN(C(=O)c2cccc(OC)c2)CC1. The molecule has 2 rings (SSSR count). The molecular formula is C17H25N3O3. The van der Waals surface area contributed by atoms with Gasteiger partial charge in [-0.1, -0.05) is 19.4 Å². The Morgan fingerprint density at radius 3 is 2.48 bits per heavy atom. The third-order valence-electron chi connectivity index (χ3n) is 4.11. The van der Waals surface area contributed by atoms with Crippen LogP contribution in [0.15, 0.2) is 24.3 Å². The summed E-state index contributed by atoms with van der Waals surface area (Å²) in [6.45, 7) is 4.14. The average Bonchev–Trinajstić information content (AvgIpc) is 2.60. The van der Waals surface area contributed by atoms with Crippen LogP contribution in [0.4, 0.5) is 0 Å². The first-order chi connectivity index (χ1) is 11.1. The molecule has 126 valence electrons. The summed E-state index contributed by atoms with van der Waals surface area (Å²) in [6.07, 6.45) is 1.59. The highest BCUT2D eigenvalue weighted by Crippen LogP contribution is 2.16. The van der Waals surface area contributed by atoms with E-state index in [2.05, 4.69) is 0 Å². The molecule has 1 atom stereocenters. The first-order valence-corrected chi connectivity index (χ1v) is 8.04. The summed E-state index contributed by atoms with van der Waals surface area (Å²) in [5.41, 5.74) is 6.49. The van der Waals surface area contributed by atoms with Crippen molar-refractivity contribution in [3.05, 3.63) is 29.8 Å². The second-order valence-corrected chi connectivity index (χ2v) is 5.74. The van der Waals surface area contributed by atoms with Crippen LogP contribution >= 0.6 is 0 Å². The van der Waals surface area contributed by atoms with E-state index in [1.54, 1.807) is 35.1 Å². The molecule has 1 aliphatic rings. The van der Waals surface area contributed by atoms with Crippen LogP contribution in [0.3, 0.4) is 0 Å². The van der Waals surface area contributed by atoms with Gasteiger partial charge in [-0.05, 0) is 24.6 Å². The molecule has 1 fully saturated rings. The fourth-order valence-electron chi connectivity index (χ4n) is 2.74. The zero-order valence-corrected chi connectivity index (χ0v) is 13.8. The Morgan fingerprint density at radius 1 is 1.22 bits per heavy atom. The predicted octanol–water partition coefficient (Wildman–Crippen LogP) is 1.11. The molecule has 23 heavy (non-hydrogen) atoms. The summed E-state index contributed by atoms with van der Waals surface area (Å²) >= 11 is 0. The highest BCUT2D eigenvalue weighted by Gasteiger charge is 2.27. The van der Waals surface area contributed by atoms with E-state index in [0.717, 1.165) is 6.42 Å². The van der Waals surface area contributed by atoms with Gasteiger partial charge in [-0.25, -0.2) is 0 Å². The van der Waals surface area contributed by atoms with Crippen molar-refractivity contribution in [2.24, 2.45) is 5.73 Å². The van der Waals surface area contributed by atoms with E-state index in [9.17, 15) is 9.59 Å². The molecule has 2 N–H and O–H groups in total. The van der Waals surface area contributed by atoms with Crippen molar-refractivity contribution in [3.8, 4) is 5.75 Å². The standard InChI is InChI=1S/C17H25N3O3/c1-3-5-15(18)17(22)20-10-8-19(9-11-20)16(21)13-6-4-7-14(12-13)23-2/h4,6-7,12,15H,3,5,8-11,18H2,1-2H3. The Kier molecular flexibility index (Phi) is 5.98. The smallest absolute Gasteiger partial charge is 0.254 e. The molecule has 0 spiro atoms. The van der Waals surface area contributed by atoms with Gasteiger partial charge in [-0.3, -0.25) is 9.59 Å². The topological polar surface area (TPSA) is 75.9 Å². The normalized spacial score (nSPS) is 16.1. The number of methoxy groups -OCH3 is 1. The van der Waals surface area contributed by atoms with Crippen LogP contribution in [0.5, 0.6) is 5.75 Å². The molecule has 1 aliphatic heterocycles. The lowest BCUT2D eigenvalue weighted by molar-refractivity contribution is -0.134. The van der Waals surface area contributed by atoms with E-state index < -0.39 is 6.04 Å². The quantitative estimate of drug-likeness (QED) is 0.882. The maximum Gasteiger partial charge on any atom is 0.254 e. The molecule has 1 unspecified atom stereocenters. The van der Waals surface area contributed by atoms with Gasteiger partial charge >= 0.3 is 0 Å². The Morgan fingerprint density at radius 2 is 1.87 bits per heavy atom. The average molecular weight is 319 g/mol. The fourth-order valence-corrected chi connectivity index (χ4v) is 2.74. The van der Waals surface area contributed by atoms with Crippen LogP contribution in [0.1, 0.15) is 30.1 Å². The number of amides is 2. The van der Waals surface area contributed by atoms with Crippen LogP contribution in [0.25, 0.3) is 0 Å². The van der Waals surface area contributed by atoms with Crippen LogP contribution in [-0.4, -0.2) is 60.9 Å². The molecule has 6 heteroatoms. The molecular weight excluding hydrogens is 294 g/mol. The summed E-state index contributed by atoms with van der Waals surface area (Å²) in [6, 6.07) is 6.69. The molecule has 0 aromatic heterocycles. The number of rotatable bonds is 5. The first-order valence-electron chi connectivity index (χ1n) is 8.04. The largest absolute Gasteiger partial charge is 0.497 e. The van der Waals surface area contributed by atoms with E-state index in [4.69, 9.17) is 10.5 Å². The van der Waals surface area contributed by atoms with Crippen molar-refractivity contribution >= 4 is 11.8 Å². The van der Waals surface area contributed by atoms with Crippen molar-refractivity contribution in [2.75, 3.05) is 33.3 Å². The number of hydrogen-bond donors (Lipinski definition) is 1. The van der Waals surface area contributed by atoms with Gasteiger partial charge in [-0.2, -0.15) is 0 Å². The molecule has 1 aromatic rings.